The number of benzene rings is 2. The number of anilines is 1. The van der Waals surface area contributed by atoms with E-state index in [2.05, 4.69) is 10.6 Å². The lowest BCUT2D eigenvalue weighted by molar-refractivity contribution is 0.199. The van der Waals surface area contributed by atoms with Gasteiger partial charge in [0.1, 0.15) is 11.9 Å². The average molecular weight is 561 g/mol. The number of halogens is 3. The van der Waals surface area contributed by atoms with Gasteiger partial charge < -0.3 is 29.6 Å². The van der Waals surface area contributed by atoms with E-state index in [1.54, 1.807) is 18.2 Å². The summed E-state index contributed by atoms with van der Waals surface area (Å²) in [5.41, 5.74) is 1.50. The molecule has 0 bridgehead atoms. The second kappa shape index (κ2) is 10.7. The summed E-state index contributed by atoms with van der Waals surface area (Å²) in [7, 11) is 1.40. The van der Waals surface area contributed by atoms with E-state index < -0.39 is 29.6 Å². The second-order valence-corrected chi connectivity index (χ2v) is 10.8. The Hall–Kier alpha value is -3.37. The van der Waals surface area contributed by atoms with Crippen LogP contribution in [-0.4, -0.2) is 49.1 Å². The topological polar surface area (TPSA) is 84.8 Å². The predicted octanol–water partition coefficient (Wildman–Crippen LogP) is 4.87. The fraction of sp³-hybridized carbons (Fsp3) is 0.429. The van der Waals surface area contributed by atoms with Gasteiger partial charge in [-0.3, -0.25) is 4.79 Å². The van der Waals surface area contributed by atoms with E-state index in [0.717, 1.165) is 17.2 Å². The molecule has 2 aromatic carbocycles. The number of amides is 1. The van der Waals surface area contributed by atoms with Crippen molar-refractivity contribution in [3.8, 4) is 11.5 Å². The van der Waals surface area contributed by atoms with Gasteiger partial charge in [0, 0.05) is 43.2 Å². The second-order valence-electron chi connectivity index (χ2n) is 10.4. The minimum atomic E-state index is -1.15. The lowest BCUT2D eigenvalue weighted by Gasteiger charge is -2.38. The summed E-state index contributed by atoms with van der Waals surface area (Å²) < 4.78 is 42.6. The van der Waals surface area contributed by atoms with Crippen LogP contribution < -0.4 is 30.4 Å². The number of nitrogens with one attached hydrogen (secondary N) is 2. The summed E-state index contributed by atoms with van der Waals surface area (Å²) >= 11 is 5.99. The first-order valence-electron chi connectivity index (χ1n) is 12.9. The van der Waals surface area contributed by atoms with Gasteiger partial charge in [-0.05, 0) is 50.1 Å². The molecule has 1 saturated heterocycles. The molecule has 0 radical (unpaired) electrons. The van der Waals surface area contributed by atoms with Crippen molar-refractivity contribution in [2.24, 2.45) is 0 Å². The van der Waals surface area contributed by atoms with E-state index in [4.69, 9.17) is 21.1 Å². The van der Waals surface area contributed by atoms with Crippen molar-refractivity contribution in [1.29, 1.82) is 0 Å². The third-order valence-electron chi connectivity index (χ3n) is 7.21. The number of fused-ring (bicyclic) bond motifs is 1. The fourth-order valence-electron chi connectivity index (χ4n) is 5.35. The van der Waals surface area contributed by atoms with Crippen molar-refractivity contribution < 1.29 is 23.0 Å². The van der Waals surface area contributed by atoms with Crippen LogP contribution in [-0.2, 0) is 6.54 Å². The Morgan fingerprint density at radius 3 is 2.54 bits per heavy atom. The molecular formula is C28H31ClF2N4O4. The zero-order valence-electron chi connectivity index (χ0n) is 22.2. The van der Waals surface area contributed by atoms with Crippen LogP contribution in [0, 0.1) is 12.7 Å². The summed E-state index contributed by atoms with van der Waals surface area (Å²) in [6, 6.07) is 5.99. The highest BCUT2D eigenvalue weighted by atomic mass is 35.5. The van der Waals surface area contributed by atoms with Gasteiger partial charge in [0.25, 0.3) is 0 Å². The molecule has 1 aliphatic carbocycles. The number of nitrogens with zero attached hydrogens (tertiary/aromatic N) is 2. The fourth-order valence-corrected chi connectivity index (χ4v) is 5.58. The molecule has 1 amide bonds. The molecule has 2 unspecified atom stereocenters. The summed E-state index contributed by atoms with van der Waals surface area (Å²) in [6.07, 6.45) is -0.484. The maximum absolute atomic E-state index is 15.7. The van der Waals surface area contributed by atoms with Crippen LogP contribution in [0.5, 0.6) is 11.5 Å². The summed E-state index contributed by atoms with van der Waals surface area (Å²) in [4.78, 5) is 28.0. The Balaban J connectivity index is 1.53. The number of carbonyl (C=O) groups excluding carboxylic acids is 1. The van der Waals surface area contributed by atoms with Crippen molar-refractivity contribution >= 4 is 34.3 Å². The Morgan fingerprint density at radius 1 is 1.23 bits per heavy atom. The molecule has 208 valence electrons. The van der Waals surface area contributed by atoms with Crippen LogP contribution in [0.3, 0.4) is 0 Å². The van der Waals surface area contributed by atoms with E-state index in [9.17, 15) is 14.0 Å². The van der Waals surface area contributed by atoms with Gasteiger partial charge in [-0.2, -0.15) is 0 Å². The van der Waals surface area contributed by atoms with Crippen molar-refractivity contribution in [2.45, 2.75) is 58.0 Å². The maximum Gasteiger partial charge on any atom is 0.413 e. The predicted molar refractivity (Wildman–Crippen MR) is 147 cm³/mol. The molecule has 2 aliphatic rings. The lowest BCUT2D eigenvalue weighted by atomic mass is 10.1. The van der Waals surface area contributed by atoms with E-state index >= 15 is 4.39 Å². The van der Waals surface area contributed by atoms with E-state index in [1.807, 2.05) is 25.7 Å². The third kappa shape index (κ3) is 5.40. The smallest absolute Gasteiger partial charge is 0.413 e. The van der Waals surface area contributed by atoms with Crippen molar-refractivity contribution in [3.05, 3.63) is 62.7 Å². The average Bonchev–Trinajstić information content (AvgIpc) is 3.60. The number of rotatable bonds is 6. The molecule has 2 heterocycles. The Labute approximate surface area is 229 Å². The molecular weight excluding hydrogens is 530 g/mol. The number of carbonyl (C=O) groups is 1. The quantitative estimate of drug-likeness (QED) is 0.447. The van der Waals surface area contributed by atoms with Gasteiger partial charge in [-0.1, -0.05) is 17.7 Å². The number of hydrogen-bond acceptors (Lipinski definition) is 6. The number of alkyl halides is 1. The molecule has 2 N–H and O–H groups in total. The number of pyridine rings is 1. The third-order valence-corrected chi connectivity index (χ3v) is 7.45. The zero-order valence-corrected chi connectivity index (χ0v) is 22.9. The molecule has 39 heavy (non-hydrogen) atoms. The summed E-state index contributed by atoms with van der Waals surface area (Å²) in [6.45, 7) is 7.06. The SMILES string of the molecule is COc1c(N2CC(C)NC(C)C2)c(F)cc2c(=O)c(OC(=O)NCc3ccc(Cl)cc3C)cn([C@@H]3C[C@@H]3F)c12. The molecule has 0 spiro atoms. The molecule has 2 fully saturated rings. The zero-order chi connectivity index (χ0) is 28.0. The maximum atomic E-state index is 15.7. The van der Waals surface area contributed by atoms with E-state index in [-0.39, 0.29) is 53.1 Å². The van der Waals surface area contributed by atoms with Crippen molar-refractivity contribution in [1.82, 2.24) is 15.2 Å². The van der Waals surface area contributed by atoms with E-state index in [0.29, 0.717) is 18.1 Å². The molecule has 5 rings (SSSR count). The Kier molecular flexibility index (Phi) is 7.43. The number of piperazine rings is 1. The van der Waals surface area contributed by atoms with Crippen LogP contribution >= 0.6 is 11.6 Å². The first-order chi connectivity index (χ1) is 18.6. The summed E-state index contributed by atoms with van der Waals surface area (Å²) in [5, 5.41) is 6.55. The number of ether oxygens (including phenoxy) is 2. The molecule has 1 aromatic heterocycles. The van der Waals surface area contributed by atoms with E-state index in [1.165, 1.54) is 17.9 Å². The van der Waals surface area contributed by atoms with Gasteiger partial charge >= 0.3 is 6.09 Å². The highest BCUT2D eigenvalue weighted by molar-refractivity contribution is 6.30. The van der Waals surface area contributed by atoms with Gasteiger partial charge in [0.05, 0.1) is 30.3 Å². The van der Waals surface area contributed by atoms with Gasteiger partial charge in [-0.15, -0.1) is 0 Å². The summed E-state index contributed by atoms with van der Waals surface area (Å²) in [5.74, 6) is -0.820. The van der Waals surface area contributed by atoms with Crippen LogP contribution in [0.4, 0.5) is 19.3 Å². The largest absolute Gasteiger partial charge is 0.492 e. The number of methoxy groups -OCH3 is 1. The molecule has 1 aliphatic heterocycles. The van der Waals surface area contributed by atoms with Crippen LogP contribution in [0.2, 0.25) is 5.02 Å². The monoisotopic (exact) mass is 560 g/mol. The number of aryl methyl sites for hydroxylation is 1. The van der Waals surface area contributed by atoms with Crippen LogP contribution in [0.1, 0.15) is 37.4 Å². The first kappa shape index (κ1) is 27.2. The van der Waals surface area contributed by atoms with Crippen LogP contribution in [0.25, 0.3) is 10.9 Å². The minimum Gasteiger partial charge on any atom is -0.492 e. The molecule has 3 aromatic rings. The normalized spacial score (nSPS) is 22.6. The molecule has 11 heteroatoms. The van der Waals surface area contributed by atoms with Crippen molar-refractivity contribution in [2.75, 3.05) is 25.1 Å². The van der Waals surface area contributed by atoms with Crippen LogP contribution in [0.15, 0.2) is 35.3 Å². The first-order valence-corrected chi connectivity index (χ1v) is 13.3. The van der Waals surface area contributed by atoms with Gasteiger partial charge in [-0.25, -0.2) is 13.6 Å². The minimum absolute atomic E-state index is 0.0534. The standard InChI is InChI=1S/C28H31ClF2N4O4/c1-14-7-18(29)6-5-17(14)10-32-28(37)39-23-13-35(22-9-20(22)30)24-19(26(23)36)8-21(31)25(27(24)38-4)34-11-15(2)33-16(3)12-34/h5-8,13,15-16,20,22,33H,9-12H2,1-4H3,(H,32,37)/t15?,16?,20-,22+/m0/s1. The lowest BCUT2D eigenvalue weighted by Crippen LogP contribution is -2.54. The Morgan fingerprint density at radius 2 is 1.92 bits per heavy atom. The number of aromatic nitrogens is 1. The molecule has 4 atom stereocenters. The van der Waals surface area contributed by atoms with Crippen molar-refractivity contribution in [3.63, 3.8) is 0 Å². The molecule has 8 nitrogen and oxygen atoms in total. The van der Waals surface area contributed by atoms with Gasteiger partial charge in [0.2, 0.25) is 5.43 Å². The Bertz CT molecular complexity index is 1490. The molecule has 1 saturated carbocycles. The number of hydrogen-bond donors (Lipinski definition) is 2. The van der Waals surface area contributed by atoms with Gasteiger partial charge in [0.15, 0.2) is 17.3 Å². The highest BCUT2D eigenvalue weighted by Crippen LogP contribution is 2.46. The highest BCUT2D eigenvalue weighted by Gasteiger charge is 2.41.